The second-order valence-electron chi connectivity index (χ2n) is 7.37. The fraction of sp³-hybridized carbons (Fsp3) is 0.381. The van der Waals surface area contributed by atoms with Gasteiger partial charge in [-0.15, -0.1) is 0 Å². The molecule has 1 fully saturated rings. The van der Waals surface area contributed by atoms with Crippen molar-refractivity contribution in [2.45, 2.75) is 26.7 Å². The molecule has 0 saturated carbocycles. The lowest BCUT2D eigenvalue weighted by atomic mass is 9.93. The van der Waals surface area contributed by atoms with E-state index in [1.54, 1.807) is 21.9 Å². The predicted octanol–water partition coefficient (Wildman–Crippen LogP) is 3.52. The minimum absolute atomic E-state index is 0.00282. The highest BCUT2D eigenvalue weighted by Gasteiger charge is 2.33. The van der Waals surface area contributed by atoms with Crippen LogP contribution in [-0.4, -0.2) is 39.2 Å². The summed E-state index contributed by atoms with van der Waals surface area (Å²) >= 11 is 0. The van der Waals surface area contributed by atoms with Gasteiger partial charge in [-0.3, -0.25) is 9.59 Å². The molecule has 1 amide bonds. The van der Waals surface area contributed by atoms with Gasteiger partial charge in [0.05, 0.1) is 0 Å². The molecule has 0 N–H and O–H groups in total. The first kappa shape index (κ1) is 17.5. The zero-order valence-electron chi connectivity index (χ0n) is 15.9. The molecule has 1 aliphatic heterocycles. The molecule has 1 saturated heterocycles. The summed E-state index contributed by atoms with van der Waals surface area (Å²) in [7, 11) is 1.81. The van der Waals surface area contributed by atoms with Crippen molar-refractivity contribution in [3.63, 3.8) is 0 Å². The first-order valence-electron chi connectivity index (χ1n) is 9.26. The number of fused-ring (bicyclic) bond motifs is 1. The average Bonchev–Trinajstić information content (AvgIpc) is 3.24. The van der Waals surface area contributed by atoms with Crippen LogP contribution in [0.2, 0.25) is 0 Å². The number of benzene rings is 1. The maximum atomic E-state index is 13.1. The molecule has 27 heavy (non-hydrogen) atoms. The topological polar surface area (TPSA) is 68.3 Å². The number of aromatic nitrogens is 2. The molecule has 3 aromatic rings. The molecule has 1 aliphatic rings. The zero-order valence-corrected chi connectivity index (χ0v) is 15.9. The van der Waals surface area contributed by atoms with Crippen LogP contribution in [-0.2, 0) is 7.05 Å². The van der Waals surface area contributed by atoms with Crippen molar-refractivity contribution in [2.24, 2.45) is 13.0 Å². The number of Topliss-reactive ketones (excluding diaryl/α,β-unsaturated/α-hetero) is 1. The number of aryl methyl sites for hydroxylation is 3. The fourth-order valence-electron chi connectivity index (χ4n) is 3.84. The number of amides is 1. The van der Waals surface area contributed by atoms with E-state index in [4.69, 9.17) is 4.42 Å². The van der Waals surface area contributed by atoms with Crippen LogP contribution >= 0.6 is 0 Å². The van der Waals surface area contributed by atoms with Gasteiger partial charge >= 0.3 is 0 Å². The van der Waals surface area contributed by atoms with Gasteiger partial charge in [0.25, 0.3) is 5.91 Å². The van der Waals surface area contributed by atoms with Crippen molar-refractivity contribution in [3.8, 4) is 0 Å². The Balaban J connectivity index is 1.58. The molecule has 2 aromatic heterocycles. The lowest BCUT2D eigenvalue weighted by Gasteiger charge is -2.31. The highest BCUT2D eigenvalue weighted by Crippen LogP contribution is 2.29. The third-order valence-electron chi connectivity index (χ3n) is 5.41. The van der Waals surface area contributed by atoms with E-state index in [1.165, 1.54) is 0 Å². The van der Waals surface area contributed by atoms with Crippen molar-refractivity contribution >= 4 is 22.7 Å². The van der Waals surface area contributed by atoms with Gasteiger partial charge in [-0.2, -0.15) is 0 Å². The minimum atomic E-state index is -0.226. The molecule has 0 aliphatic carbocycles. The zero-order chi connectivity index (χ0) is 19.1. The van der Waals surface area contributed by atoms with Crippen molar-refractivity contribution in [3.05, 3.63) is 53.3 Å². The van der Waals surface area contributed by atoms with Crippen molar-refractivity contribution < 1.29 is 14.0 Å². The van der Waals surface area contributed by atoms with E-state index < -0.39 is 0 Å². The highest BCUT2D eigenvalue weighted by molar-refractivity contribution is 6.00. The number of furan rings is 1. The van der Waals surface area contributed by atoms with E-state index in [0.717, 1.165) is 34.9 Å². The van der Waals surface area contributed by atoms with Gasteiger partial charge in [0.15, 0.2) is 11.6 Å². The molecular formula is C21H23N3O3. The van der Waals surface area contributed by atoms with Crippen LogP contribution in [0, 0.1) is 19.8 Å². The Labute approximate surface area is 157 Å². The molecule has 0 unspecified atom stereocenters. The maximum Gasteiger partial charge on any atom is 0.289 e. The van der Waals surface area contributed by atoms with Gasteiger partial charge in [0.2, 0.25) is 5.78 Å². The number of carbonyl (C=O) groups is 2. The summed E-state index contributed by atoms with van der Waals surface area (Å²) in [5.74, 6) is 0.455. The predicted molar refractivity (Wildman–Crippen MR) is 102 cm³/mol. The Hall–Kier alpha value is -2.89. The molecule has 1 aromatic carbocycles. The summed E-state index contributed by atoms with van der Waals surface area (Å²) in [6.07, 6.45) is 4.95. The molecule has 6 heteroatoms. The Morgan fingerprint density at radius 2 is 2.07 bits per heavy atom. The average molecular weight is 365 g/mol. The molecule has 0 radical (unpaired) electrons. The van der Waals surface area contributed by atoms with E-state index in [9.17, 15) is 9.59 Å². The van der Waals surface area contributed by atoms with Gasteiger partial charge in [0, 0.05) is 49.4 Å². The summed E-state index contributed by atoms with van der Waals surface area (Å²) in [5.41, 5.74) is 2.71. The van der Waals surface area contributed by atoms with Gasteiger partial charge in [-0.25, -0.2) is 4.98 Å². The number of nitrogens with zero attached hydrogens (tertiary/aromatic N) is 3. The third kappa shape index (κ3) is 3.05. The Morgan fingerprint density at radius 1 is 1.26 bits per heavy atom. The number of hydrogen-bond acceptors (Lipinski definition) is 4. The first-order chi connectivity index (χ1) is 13.0. The van der Waals surface area contributed by atoms with Gasteiger partial charge in [0.1, 0.15) is 5.58 Å². The largest absolute Gasteiger partial charge is 0.451 e. The number of ketones is 1. The number of piperidine rings is 1. The summed E-state index contributed by atoms with van der Waals surface area (Å²) < 4.78 is 7.59. The third-order valence-corrected chi connectivity index (χ3v) is 5.41. The maximum absolute atomic E-state index is 13.1. The molecule has 6 nitrogen and oxygen atoms in total. The van der Waals surface area contributed by atoms with Crippen LogP contribution in [0.5, 0.6) is 0 Å². The molecular weight excluding hydrogens is 342 g/mol. The molecule has 0 spiro atoms. The number of hydrogen-bond donors (Lipinski definition) is 0. The lowest BCUT2D eigenvalue weighted by molar-refractivity contribution is 0.0608. The number of carbonyl (C=O) groups excluding carboxylic acids is 2. The summed E-state index contributed by atoms with van der Waals surface area (Å²) in [6, 6.07) is 5.91. The number of likely N-dealkylation sites (tertiary alicyclic amines) is 1. The van der Waals surface area contributed by atoms with Crippen LogP contribution in [0.15, 0.2) is 35.0 Å². The molecule has 3 heterocycles. The summed E-state index contributed by atoms with van der Waals surface area (Å²) in [6.45, 7) is 4.98. The standard InChI is InChI=1S/C21H23N3O3/c1-13-6-7-17-16(11-13)14(2)19(27-17)21(26)24-9-4-5-15(12-24)18(25)20-22-8-10-23(20)3/h6-8,10-11,15H,4-5,9,12H2,1-3H3/t15-/m1/s1. The quantitative estimate of drug-likeness (QED) is 0.666. The fourth-order valence-corrected chi connectivity index (χ4v) is 3.84. The normalized spacial score (nSPS) is 17.4. The summed E-state index contributed by atoms with van der Waals surface area (Å²) in [4.78, 5) is 31.8. The molecule has 140 valence electrons. The molecule has 0 bridgehead atoms. The van der Waals surface area contributed by atoms with Crippen LogP contribution < -0.4 is 0 Å². The van der Waals surface area contributed by atoms with Crippen molar-refractivity contribution in [1.82, 2.24) is 14.5 Å². The SMILES string of the molecule is Cc1ccc2oc(C(=O)N3CCC[C@@H](C(=O)c4nccn4C)C3)c(C)c2c1. The molecule has 1 atom stereocenters. The Kier molecular flexibility index (Phi) is 4.34. The van der Waals surface area contributed by atoms with Gasteiger partial charge in [-0.1, -0.05) is 11.6 Å². The number of imidazole rings is 1. The van der Waals surface area contributed by atoms with Crippen LogP contribution in [0.25, 0.3) is 11.0 Å². The first-order valence-corrected chi connectivity index (χ1v) is 9.26. The van der Waals surface area contributed by atoms with Crippen LogP contribution in [0.1, 0.15) is 45.1 Å². The smallest absolute Gasteiger partial charge is 0.289 e. The highest BCUT2D eigenvalue weighted by atomic mass is 16.3. The lowest BCUT2D eigenvalue weighted by Crippen LogP contribution is -2.42. The summed E-state index contributed by atoms with van der Waals surface area (Å²) in [5, 5.41) is 0.969. The Morgan fingerprint density at radius 3 is 2.81 bits per heavy atom. The monoisotopic (exact) mass is 365 g/mol. The van der Waals surface area contributed by atoms with Crippen LogP contribution in [0.4, 0.5) is 0 Å². The van der Waals surface area contributed by atoms with E-state index in [-0.39, 0.29) is 17.6 Å². The van der Waals surface area contributed by atoms with Crippen LogP contribution in [0.3, 0.4) is 0 Å². The minimum Gasteiger partial charge on any atom is -0.451 e. The van der Waals surface area contributed by atoms with Crippen molar-refractivity contribution in [2.75, 3.05) is 13.1 Å². The van der Waals surface area contributed by atoms with E-state index in [1.807, 2.05) is 39.1 Å². The van der Waals surface area contributed by atoms with E-state index in [2.05, 4.69) is 4.98 Å². The molecule has 4 rings (SSSR count). The van der Waals surface area contributed by atoms with Gasteiger partial charge in [-0.05, 0) is 38.8 Å². The Bertz CT molecular complexity index is 1030. The van der Waals surface area contributed by atoms with E-state index in [0.29, 0.717) is 24.7 Å². The van der Waals surface area contributed by atoms with Gasteiger partial charge < -0.3 is 13.9 Å². The second kappa shape index (κ2) is 6.68. The number of rotatable bonds is 3. The second-order valence-corrected chi connectivity index (χ2v) is 7.37. The van der Waals surface area contributed by atoms with E-state index >= 15 is 0 Å². The van der Waals surface area contributed by atoms with Crippen molar-refractivity contribution in [1.29, 1.82) is 0 Å².